The van der Waals surface area contributed by atoms with Crippen molar-refractivity contribution in [3.63, 3.8) is 0 Å². The second-order valence-electron chi connectivity index (χ2n) is 5.94. The van der Waals surface area contributed by atoms with Crippen molar-refractivity contribution in [1.29, 1.82) is 0 Å². The predicted octanol–water partition coefficient (Wildman–Crippen LogP) is 4.83. The van der Waals surface area contributed by atoms with Gasteiger partial charge in [-0.15, -0.1) is 0 Å². The number of carbonyl (C=O) groups is 1. The van der Waals surface area contributed by atoms with Gasteiger partial charge in [0.1, 0.15) is 5.75 Å². The highest BCUT2D eigenvalue weighted by Crippen LogP contribution is 2.27. The molecule has 126 valence electrons. The number of benzene rings is 1. The first-order valence-electron chi connectivity index (χ1n) is 7.96. The Balaban J connectivity index is 1.65. The van der Waals surface area contributed by atoms with E-state index >= 15 is 0 Å². The number of hydrogen-bond acceptors (Lipinski definition) is 3. The van der Waals surface area contributed by atoms with Gasteiger partial charge in [0.05, 0.1) is 11.6 Å². The molecule has 0 radical (unpaired) electrons. The molecule has 1 N–H and O–H groups in total. The Morgan fingerprint density at radius 1 is 1.43 bits per heavy atom. The number of hydrogen-bond donors (Lipinski definition) is 1. The van der Waals surface area contributed by atoms with Gasteiger partial charge in [0.2, 0.25) is 5.91 Å². The number of carbonyl (C=O) groups excluding carboxylic acids is 1. The molecule has 2 rings (SSSR count). The lowest BCUT2D eigenvalue weighted by Crippen LogP contribution is -2.22. The van der Waals surface area contributed by atoms with Crippen LogP contribution < -0.4 is 10.2 Å². The highest BCUT2D eigenvalue weighted by Gasteiger charge is 2.14. The van der Waals surface area contributed by atoms with E-state index in [2.05, 4.69) is 17.5 Å². The number of rotatable bonds is 6. The van der Waals surface area contributed by atoms with Crippen LogP contribution in [-0.2, 0) is 4.79 Å². The lowest BCUT2D eigenvalue weighted by molar-refractivity contribution is -0.121. The third kappa shape index (κ3) is 6.40. The van der Waals surface area contributed by atoms with Gasteiger partial charge >= 0.3 is 0 Å². The highest BCUT2D eigenvalue weighted by atomic mass is 35.5. The zero-order valence-corrected chi connectivity index (χ0v) is 14.8. The number of ether oxygens (including phenoxy) is 1. The average molecular weight is 357 g/mol. The van der Waals surface area contributed by atoms with Crippen molar-refractivity contribution in [3.8, 4) is 5.75 Å². The third-order valence-electron chi connectivity index (χ3n) is 3.78. The molecular weight excluding hydrogens is 335 g/mol. The Bertz CT molecular complexity index is 576. The lowest BCUT2D eigenvalue weighted by atomic mass is 9.89. The maximum Gasteiger partial charge on any atom is 0.240 e. The molecule has 0 saturated heterocycles. The zero-order valence-electron chi connectivity index (χ0n) is 13.3. The molecule has 1 amide bonds. The SMILES string of the molecule is C[C@@H]1CCC/C(=N/NC(=O)CCCOc2ccc(Cl)cc2Cl)C1. The first-order chi connectivity index (χ1) is 11.0. The minimum absolute atomic E-state index is 0.0819. The fourth-order valence-corrected chi connectivity index (χ4v) is 3.03. The van der Waals surface area contributed by atoms with Gasteiger partial charge in [0, 0.05) is 17.2 Å². The van der Waals surface area contributed by atoms with Crippen LogP contribution >= 0.6 is 23.2 Å². The second-order valence-corrected chi connectivity index (χ2v) is 6.78. The van der Waals surface area contributed by atoms with Crippen molar-refractivity contribution in [3.05, 3.63) is 28.2 Å². The van der Waals surface area contributed by atoms with Gasteiger partial charge in [0.25, 0.3) is 0 Å². The number of nitrogens with zero attached hydrogens (tertiary/aromatic N) is 1. The highest BCUT2D eigenvalue weighted by molar-refractivity contribution is 6.35. The molecule has 0 bridgehead atoms. The molecule has 1 saturated carbocycles. The largest absolute Gasteiger partial charge is 0.492 e. The summed E-state index contributed by atoms with van der Waals surface area (Å²) < 4.78 is 5.54. The van der Waals surface area contributed by atoms with Crippen molar-refractivity contribution in [1.82, 2.24) is 5.43 Å². The number of halogens is 2. The Kier molecular flexibility index (Phi) is 7.18. The molecule has 0 heterocycles. The van der Waals surface area contributed by atoms with Crippen LogP contribution in [0.3, 0.4) is 0 Å². The molecular formula is C17H22Cl2N2O2. The number of amides is 1. The van der Waals surface area contributed by atoms with Gasteiger partial charge in [-0.3, -0.25) is 4.79 Å². The fourth-order valence-electron chi connectivity index (χ4n) is 2.57. The molecule has 1 aliphatic rings. The Labute approximate surface area is 147 Å². The van der Waals surface area contributed by atoms with Crippen molar-refractivity contribution < 1.29 is 9.53 Å². The molecule has 1 atom stereocenters. The first-order valence-corrected chi connectivity index (χ1v) is 8.72. The van der Waals surface area contributed by atoms with Crippen LogP contribution in [0, 0.1) is 5.92 Å². The summed E-state index contributed by atoms with van der Waals surface area (Å²) in [6, 6.07) is 5.07. The molecule has 0 aromatic heterocycles. The summed E-state index contributed by atoms with van der Waals surface area (Å²) >= 11 is 11.8. The summed E-state index contributed by atoms with van der Waals surface area (Å²) in [5.41, 5.74) is 3.74. The average Bonchev–Trinajstić information content (AvgIpc) is 2.51. The summed E-state index contributed by atoms with van der Waals surface area (Å²) in [6.07, 6.45) is 5.36. The molecule has 4 nitrogen and oxygen atoms in total. The van der Waals surface area contributed by atoms with Crippen LogP contribution in [-0.4, -0.2) is 18.2 Å². The van der Waals surface area contributed by atoms with Crippen molar-refractivity contribution >= 4 is 34.8 Å². The summed E-state index contributed by atoms with van der Waals surface area (Å²) in [5, 5.41) is 5.27. The van der Waals surface area contributed by atoms with Gasteiger partial charge < -0.3 is 4.74 Å². The third-order valence-corrected chi connectivity index (χ3v) is 4.32. The van der Waals surface area contributed by atoms with Gasteiger partial charge in [-0.2, -0.15) is 5.10 Å². The molecule has 0 unspecified atom stereocenters. The molecule has 0 spiro atoms. The molecule has 6 heteroatoms. The maximum atomic E-state index is 11.8. The minimum Gasteiger partial charge on any atom is -0.492 e. The van der Waals surface area contributed by atoms with Crippen molar-refractivity contribution in [2.45, 2.75) is 45.4 Å². The standard InChI is InChI=1S/C17H22Cl2N2O2/c1-12-4-2-5-14(10-12)20-21-17(22)6-3-9-23-16-8-7-13(18)11-15(16)19/h7-8,11-12H,2-6,9-10H2,1H3,(H,21,22)/b20-14-/t12-/m1/s1. The van der Waals surface area contributed by atoms with E-state index in [1.807, 2.05) is 0 Å². The van der Waals surface area contributed by atoms with Crippen LogP contribution in [0.5, 0.6) is 5.75 Å². The van der Waals surface area contributed by atoms with Gasteiger partial charge in [-0.1, -0.05) is 30.1 Å². The van der Waals surface area contributed by atoms with Crippen molar-refractivity contribution in [2.24, 2.45) is 11.0 Å². The van der Waals surface area contributed by atoms with E-state index in [0.717, 1.165) is 25.0 Å². The molecule has 23 heavy (non-hydrogen) atoms. The quantitative estimate of drug-likeness (QED) is 0.585. The summed E-state index contributed by atoms with van der Waals surface area (Å²) in [7, 11) is 0. The Morgan fingerprint density at radius 3 is 3.00 bits per heavy atom. The Morgan fingerprint density at radius 2 is 2.26 bits per heavy atom. The number of hydrazone groups is 1. The van der Waals surface area contributed by atoms with Gasteiger partial charge in [-0.25, -0.2) is 5.43 Å². The van der Waals surface area contributed by atoms with Gasteiger partial charge in [0.15, 0.2) is 0 Å². The van der Waals surface area contributed by atoms with Crippen LogP contribution in [0.25, 0.3) is 0 Å². The van der Waals surface area contributed by atoms with E-state index < -0.39 is 0 Å². The van der Waals surface area contributed by atoms with E-state index in [0.29, 0.717) is 41.2 Å². The normalized spacial score (nSPS) is 19.6. The zero-order chi connectivity index (χ0) is 16.7. The smallest absolute Gasteiger partial charge is 0.240 e. The molecule has 1 aromatic rings. The van der Waals surface area contributed by atoms with E-state index in [-0.39, 0.29) is 5.91 Å². The van der Waals surface area contributed by atoms with E-state index in [9.17, 15) is 4.79 Å². The maximum absolute atomic E-state index is 11.8. The van der Waals surface area contributed by atoms with Crippen molar-refractivity contribution in [2.75, 3.05) is 6.61 Å². The molecule has 1 fully saturated rings. The Hall–Kier alpha value is -1.26. The van der Waals surface area contributed by atoms with Crippen LogP contribution in [0.2, 0.25) is 10.0 Å². The lowest BCUT2D eigenvalue weighted by Gasteiger charge is -2.18. The number of nitrogens with one attached hydrogen (secondary N) is 1. The summed E-state index contributed by atoms with van der Waals surface area (Å²) in [5.74, 6) is 1.16. The second kappa shape index (κ2) is 9.14. The summed E-state index contributed by atoms with van der Waals surface area (Å²) in [6.45, 7) is 2.64. The van der Waals surface area contributed by atoms with E-state index in [4.69, 9.17) is 27.9 Å². The van der Waals surface area contributed by atoms with Crippen LogP contribution in [0.1, 0.15) is 45.4 Å². The van der Waals surface area contributed by atoms with E-state index in [1.54, 1.807) is 18.2 Å². The van der Waals surface area contributed by atoms with E-state index in [1.165, 1.54) is 6.42 Å². The molecule has 0 aliphatic heterocycles. The fraction of sp³-hybridized carbons (Fsp3) is 0.529. The van der Waals surface area contributed by atoms with Gasteiger partial charge in [-0.05, 0) is 56.2 Å². The summed E-state index contributed by atoms with van der Waals surface area (Å²) in [4.78, 5) is 11.8. The first kappa shape index (κ1) is 18.1. The van der Waals surface area contributed by atoms with Crippen LogP contribution in [0.4, 0.5) is 0 Å². The molecule has 1 aromatic carbocycles. The minimum atomic E-state index is -0.0819. The monoisotopic (exact) mass is 356 g/mol. The molecule has 1 aliphatic carbocycles. The van der Waals surface area contributed by atoms with Crippen LogP contribution in [0.15, 0.2) is 23.3 Å². The topological polar surface area (TPSA) is 50.7 Å². The predicted molar refractivity (Wildman–Crippen MR) is 94.4 cm³/mol.